The van der Waals surface area contributed by atoms with Crippen LogP contribution >= 0.6 is 0 Å². The molecule has 0 heterocycles. The molecule has 1 saturated carbocycles. The molecular weight excluding hydrogens is 517 g/mol. The van der Waals surface area contributed by atoms with Gasteiger partial charge >= 0.3 is 0 Å². The van der Waals surface area contributed by atoms with Gasteiger partial charge in [0.15, 0.2) is 0 Å². The number of nitrogens with zero attached hydrogens (tertiary/aromatic N) is 2. The van der Waals surface area contributed by atoms with Gasteiger partial charge in [0.05, 0.1) is 10.6 Å². The minimum Gasteiger partial charge on any atom is -0.352 e. The Hall–Kier alpha value is -3.72. The highest BCUT2D eigenvalue weighted by atomic mass is 32.2. The van der Waals surface area contributed by atoms with Gasteiger partial charge in [-0.2, -0.15) is 0 Å². The molecule has 0 aliphatic heterocycles. The summed E-state index contributed by atoms with van der Waals surface area (Å²) in [4.78, 5) is 28.4. The van der Waals surface area contributed by atoms with Gasteiger partial charge in [0.25, 0.3) is 10.0 Å². The van der Waals surface area contributed by atoms with Crippen LogP contribution in [0.15, 0.2) is 89.8 Å². The van der Waals surface area contributed by atoms with Crippen molar-refractivity contribution in [2.24, 2.45) is 0 Å². The fourth-order valence-electron chi connectivity index (χ4n) is 4.79. The summed E-state index contributed by atoms with van der Waals surface area (Å²) in [5, 5.41) is 3.09. The fraction of sp³-hybridized carbons (Fsp3) is 0.333. The van der Waals surface area contributed by atoms with Crippen LogP contribution < -0.4 is 9.62 Å². The topological polar surface area (TPSA) is 86.8 Å². The van der Waals surface area contributed by atoms with Crippen molar-refractivity contribution in [2.75, 3.05) is 10.8 Å². The van der Waals surface area contributed by atoms with Gasteiger partial charge in [-0.25, -0.2) is 12.8 Å². The molecule has 1 N–H and O–H groups in total. The molecule has 1 atom stereocenters. The number of halogens is 1. The molecule has 2 amide bonds. The molecular formula is C30H34FN3O4S. The molecule has 1 aliphatic rings. The van der Waals surface area contributed by atoms with Crippen LogP contribution in [0.4, 0.5) is 10.1 Å². The number of carbonyl (C=O) groups is 2. The van der Waals surface area contributed by atoms with Gasteiger partial charge in [-0.15, -0.1) is 0 Å². The van der Waals surface area contributed by atoms with Gasteiger partial charge < -0.3 is 10.2 Å². The maximum atomic E-state index is 13.9. The second-order valence-corrected chi connectivity index (χ2v) is 11.7. The number of anilines is 1. The van der Waals surface area contributed by atoms with Crippen LogP contribution in [0.1, 0.15) is 44.6 Å². The Labute approximate surface area is 229 Å². The lowest BCUT2D eigenvalue weighted by Crippen LogP contribution is -2.53. The standard InChI is InChI=1S/C30H34FN3O4S/c1-23(30(36)32-26-13-7-3-8-14-26)33(21-24-11-5-2-6-12-24)29(35)22-34(27-15-9-4-10-16-27)39(37,38)28-19-17-25(31)18-20-28/h2,4-6,9-12,15-20,23,26H,3,7-8,13-14,21-22H2,1H3,(H,32,36)/t23-/m0/s1. The first-order valence-corrected chi connectivity index (χ1v) is 14.7. The molecule has 39 heavy (non-hydrogen) atoms. The fourth-order valence-corrected chi connectivity index (χ4v) is 6.20. The van der Waals surface area contributed by atoms with E-state index in [-0.39, 0.29) is 29.1 Å². The monoisotopic (exact) mass is 551 g/mol. The molecule has 0 saturated heterocycles. The summed E-state index contributed by atoms with van der Waals surface area (Å²) < 4.78 is 41.9. The van der Waals surface area contributed by atoms with E-state index in [4.69, 9.17) is 0 Å². The first kappa shape index (κ1) is 28.3. The number of amides is 2. The van der Waals surface area contributed by atoms with Gasteiger partial charge in [0, 0.05) is 12.6 Å². The van der Waals surface area contributed by atoms with E-state index in [0.29, 0.717) is 0 Å². The Morgan fingerprint density at radius 2 is 1.49 bits per heavy atom. The highest BCUT2D eigenvalue weighted by molar-refractivity contribution is 7.92. The largest absolute Gasteiger partial charge is 0.352 e. The number of hydrogen-bond donors (Lipinski definition) is 1. The molecule has 206 valence electrons. The summed E-state index contributed by atoms with van der Waals surface area (Å²) in [5.74, 6) is -1.36. The lowest BCUT2D eigenvalue weighted by molar-refractivity contribution is -0.139. The lowest BCUT2D eigenvalue weighted by Gasteiger charge is -2.33. The predicted octanol–water partition coefficient (Wildman–Crippen LogP) is 4.89. The smallest absolute Gasteiger partial charge is 0.264 e. The van der Waals surface area contributed by atoms with E-state index in [0.717, 1.165) is 54.1 Å². The SMILES string of the molecule is C[C@@H](C(=O)NC1CCCCC1)N(Cc1ccccc1)C(=O)CN(c1ccccc1)S(=O)(=O)c1ccc(F)cc1. The number of para-hydroxylation sites is 1. The summed E-state index contributed by atoms with van der Waals surface area (Å²) in [5.41, 5.74) is 1.10. The van der Waals surface area contributed by atoms with Crippen molar-refractivity contribution in [3.05, 3.63) is 96.3 Å². The third-order valence-corrected chi connectivity index (χ3v) is 8.83. The molecule has 3 aromatic rings. The van der Waals surface area contributed by atoms with Crippen molar-refractivity contribution in [1.29, 1.82) is 0 Å². The number of benzene rings is 3. The van der Waals surface area contributed by atoms with E-state index in [1.807, 2.05) is 30.3 Å². The zero-order valence-electron chi connectivity index (χ0n) is 22.0. The quantitative estimate of drug-likeness (QED) is 0.389. The second-order valence-electron chi connectivity index (χ2n) is 9.83. The van der Waals surface area contributed by atoms with Crippen LogP contribution in [-0.2, 0) is 26.2 Å². The third kappa shape index (κ3) is 7.23. The molecule has 7 nitrogen and oxygen atoms in total. The van der Waals surface area contributed by atoms with Gasteiger partial charge in [0.2, 0.25) is 11.8 Å². The molecule has 1 fully saturated rings. The molecule has 0 unspecified atom stereocenters. The summed E-state index contributed by atoms with van der Waals surface area (Å²) >= 11 is 0. The number of rotatable bonds is 10. The van der Waals surface area contributed by atoms with E-state index in [1.165, 1.54) is 17.0 Å². The van der Waals surface area contributed by atoms with Crippen LogP contribution in [0.5, 0.6) is 0 Å². The van der Waals surface area contributed by atoms with Gasteiger partial charge in [-0.05, 0) is 61.7 Å². The van der Waals surface area contributed by atoms with Crippen molar-refractivity contribution in [3.8, 4) is 0 Å². The predicted molar refractivity (Wildman–Crippen MR) is 149 cm³/mol. The Morgan fingerprint density at radius 3 is 2.10 bits per heavy atom. The first-order valence-electron chi connectivity index (χ1n) is 13.2. The zero-order chi connectivity index (χ0) is 27.8. The summed E-state index contributed by atoms with van der Waals surface area (Å²) in [6.07, 6.45) is 5.07. The molecule has 4 rings (SSSR count). The maximum Gasteiger partial charge on any atom is 0.264 e. The highest BCUT2D eigenvalue weighted by Gasteiger charge is 2.33. The minimum absolute atomic E-state index is 0.0713. The van der Waals surface area contributed by atoms with Crippen molar-refractivity contribution in [2.45, 2.75) is 62.6 Å². The summed E-state index contributed by atoms with van der Waals surface area (Å²) in [6, 6.07) is 21.3. The van der Waals surface area contributed by atoms with Crippen molar-refractivity contribution >= 4 is 27.5 Å². The van der Waals surface area contributed by atoms with Crippen molar-refractivity contribution < 1.29 is 22.4 Å². The van der Waals surface area contributed by atoms with E-state index < -0.39 is 34.3 Å². The Kier molecular flexibility index (Phi) is 9.35. The number of nitrogens with one attached hydrogen (secondary N) is 1. The zero-order valence-corrected chi connectivity index (χ0v) is 22.8. The molecule has 3 aromatic carbocycles. The Bertz CT molecular complexity index is 1350. The average molecular weight is 552 g/mol. The summed E-state index contributed by atoms with van der Waals surface area (Å²) in [6.45, 7) is 1.27. The van der Waals surface area contributed by atoms with E-state index in [1.54, 1.807) is 37.3 Å². The van der Waals surface area contributed by atoms with Crippen LogP contribution in [-0.4, -0.2) is 43.8 Å². The Balaban J connectivity index is 1.64. The van der Waals surface area contributed by atoms with Gasteiger partial charge in [-0.3, -0.25) is 13.9 Å². The third-order valence-electron chi connectivity index (χ3n) is 7.04. The molecule has 1 aliphatic carbocycles. The van der Waals surface area contributed by atoms with Crippen molar-refractivity contribution in [3.63, 3.8) is 0 Å². The van der Waals surface area contributed by atoms with E-state index in [9.17, 15) is 22.4 Å². The molecule has 0 spiro atoms. The van der Waals surface area contributed by atoms with Crippen LogP contribution in [0, 0.1) is 5.82 Å². The molecule has 9 heteroatoms. The van der Waals surface area contributed by atoms with E-state index in [2.05, 4.69) is 5.32 Å². The van der Waals surface area contributed by atoms with Gasteiger partial charge in [0.1, 0.15) is 18.4 Å². The molecule has 0 bridgehead atoms. The summed E-state index contributed by atoms with van der Waals surface area (Å²) in [7, 11) is -4.22. The molecule has 0 radical (unpaired) electrons. The number of carbonyl (C=O) groups excluding carboxylic acids is 2. The Morgan fingerprint density at radius 1 is 0.897 bits per heavy atom. The van der Waals surface area contributed by atoms with Crippen LogP contribution in [0.3, 0.4) is 0 Å². The highest BCUT2D eigenvalue weighted by Crippen LogP contribution is 2.25. The van der Waals surface area contributed by atoms with Crippen LogP contribution in [0.2, 0.25) is 0 Å². The van der Waals surface area contributed by atoms with Gasteiger partial charge in [-0.1, -0.05) is 67.8 Å². The van der Waals surface area contributed by atoms with Crippen molar-refractivity contribution in [1.82, 2.24) is 10.2 Å². The second kappa shape index (κ2) is 12.9. The number of sulfonamides is 1. The van der Waals surface area contributed by atoms with E-state index >= 15 is 0 Å². The van der Waals surface area contributed by atoms with Crippen LogP contribution in [0.25, 0.3) is 0 Å². The maximum absolute atomic E-state index is 13.9. The minimum atomic E-state index is -4.22. The number of hydrogen-bond acceptors (Lipinski definition) is 4. The molecule has 0 aromatic heterocycles. The normalized spacial score (nSPS) is 14.8. The average Bonchev–Trinajstić information content (AvgIpc) is 2.96. The first-order chi connectivity index (χ1) is 18.8. The lowest BCUT2D eigenvalue weighted by atomic mass is 9.95.